The minimum atomic E-state index is -1.06. The molecule has 2 heterocycles. The van der Waals surface area contributed by atoms with Crippen LogP contribution in [0.4, 0.5) is 0 Å². The van der Waals surface area contributed by atoms with Gasteiger partial charge in [-0.05, 0) is 30.8 Å². The van der Waals surface area contributed by atoms with E-state index in [0.29, 0.717) is 15.9 Å². The molecule has 0 aliphatic heterocycles. The average Bonchev–Trinajstić information content (AvgIpc) is 2.64. The number of carbonyl (C=O) groups is 1. The van der Waals surface area contributed by atoms with Crippen LogP contribution < -0.4 is 0 Å². The number of aromatic nitrogens is 4. The third kappa shape index (κ3) is 2.19. The summed E-state index contributed by atoms with van der Waals surface area (Å²) in [5.74, 6) is -0.376. The van der Waals surface area contributed by atoms with Gasteiger partial charge >= 0.3 is 5.97 Å². The van der Waals surface area contributed by atoms with Crippen LogP contribution >= 0.6 is 11.8 Å². The molecule has 0 aliphatic carbocycles. The second-order valence-electron chi connectivity index (χ2n) is 2.96. The summed E-state index contributed by atoms with van der Waals surface area (Å²) >= 11 is 1.17. The molecule has 2 rings (SSSR count). The molecule has 2 aromatic rings. The standard InChI is InChI=1S/C9H8N4O2S/c1-5-11-9(13-12-5)16-6-3-2-4-10-7(6)8(14)15/h2-4H,1H3,(H,14,15)(H,11,12,13). The number of H-pyrrole nitrogens is 1. The van der Waals surface area contributed by atoms with Crippen LogP contribution in [-0.4, -0.2) is 31.2 Å². The number of rotatable bonds is 3. The molecule has 0 saturated heterocycles. The molecule has 0 radical (unpaired) electrons. The summed E-state index contributed by atoms with van der Waals surface area (Å²) in [6.45, 7) is 1.78. The fourth-order valence-electron chi connectivity index (χ4n) is 1.10. The fourth-order valence-corrected chi connectivity index (χ4v) is 1.95. The lowest BCUT2D eigenvalue weighted by Gasteiger charge is -2.00. The Labute approximate surface area is 95.1 Å². The van der Waals surface area contributed by atoms with E-state index in [-0.39, 0.29) is 5.69 Å². The van der Waals surface area contributed by atoms with E-state index >= 15 is 0 Å². The minimum absolute atomic E-state index is 0.00922. The van der Waals surface area contributed by atoms with Gasteiger partial charge in [0.15, 0.2) is 5.69 Å². The highest BCUT2D eigenvalue weighted by molar-refractivity contribution is 7.99. The highest BCUT2D eigenvalue weighted by Gasteiger charge is 2.13. The van der Waals surface area contributed by atoms with Crippen molar-refractivity contribution in [1.29, 1.82) is 0 Å². The number of nitrogens with zero attached hydrogens (tertiary/aromatic N) is 3. The zero-order valence-electron chi connectivity index (χ0n) is 8.34. The second kappa shape index (κ2) is 4.31. The van der Waals surface area contributed by atoms with E-state index in [0.717, 1.165) is 0 Å². The smallest absolute Gasteiger partial charge is 0.355 e. The van der Waals surface area contributed by atoms with E-state index in [1.54, 1.807) is 19.1 Å². The summed E-state index contributed by atoms with van der Waals surface area (Å²) in [6.07, 6.45) is 1.44. The molecule has 0 amide bonds. The normalized spacial score (nSPS) is 10.3. The third-order valence-corrected chi connectivity index (χ3v) is 2.67. The van der Waals surface area contributed by atoms with Crippen molar-refractivity contribution in [3.05, 3.63) is 29.8 Å². The molecule has 0 atom stereocenters. The van der Waals surface area contributed by atoms with Crippen LogP contribution in [0.3, 0.4) is 0 Å². The molecule has 0 saturated carbocycles. The molecule has 0 bridgehead atoms. The maximum Gasteiger partial charge on any atom is 0.355 e. The zero-order valence-corrected chi connectivity index (χ0v) is 9.15. The summed E-state index contributed by atoms with van der Waals surface area (Å²) in [5, 5.41) is 16.0. The van der Waals surface area contributed by atoms with Crippen LogP contribution in [0.1, 0.15) is 16.3 Å². The van der Waals surface area contributed by atoms with E-state index in [9.17, 15) is 4.79 Å². The van der Waals surface area contributed by atoms with Crippen LogP contribution in [-0.2, 0) is 0 Å². The van der Waals surface area contributed by atoms with Gasteiger partial charge in [-0.2, -0.15) is 0 Å². The SMILES string of the molecule is Cc1nc(Sc2cccnc2C(=O)O)n[nH]1. The predicted molar refractivity (Wildman–Crippen MR) is 56.4 cm³/mol. The molecule has 82 valence electrons. The topological polar surface area (TPSA) is 91.8 Å². The molecule has 0 fully saturated rings. The molecular weight excluding hydrogens is 228 g/mol. The maximum absolute atomic E-state index is 10.9. The molecule has 7 heteroatoms. The Hall–Kier alpha value is -1.89. The molecule has 0 spiro atoms. The van der Waals surface area contributed by atoms with Crippen LogP contribution in [0, 0.1) is 6.92 Å². The number of carboxylic acids is 1. The number of aromatic amines is 1. The number of pyridine rings is 1. The van der Waals surface area contributed by atoms with Crippen LogP contribution in [0.2, 0.25) is 0 Å². The van der Waals surface area contributed by atoms with E-state index in [4.69, 9.17) is 5.11 Å². The average molecular weight is 236 g/mol. The Morgan fingerprint density at radius 3 is 3.00 bits per heavy atom. The van der Waals surface area contributed by atoms with Crippen molar-refractivity contribution in [2.45, 2.75) is 17.0 Å². The molecule has 0 aromatic carbocycles. The third-order valence-electron chi connectivity index (χ3n) is 1.75. The van der Waals surface area contributed by atoms with E-state index in [2.05, 4.69) is 20.2 Å². The van der Waals surface area contributed by atoms with Gasteiger partial charge < -0.3 is 5.11 Å². The molecular formula is C9H8N4O2S. The van der Waals surface area contributed by atoms with Gasteiger partial charge in [-0.1, -0.05) is 0 Å². The Bertz CT molecular complexity index is 526. The summed E-state index contributed by atoms with van der Waals surface area (Å²) in [5.41, 5.74) is 0.00922. The van der Waals surface area contributed by atoms with Gasteiger partial charge in [0, 0.05) is 11.1 Å². The lowest BCUT2D eigenvalue weighted by molar-refractivity contribution is 0.0686. The van der Waals surface area contributed by atoms with Gasteiger partial charge in [-0.25, -0.2) is 14.8 Å². The molecule has 0 aliphatic rings. The summed E-state index contributed by atoms with van der Waals surface area (Å²) in [7, 11) is 0. The second-order valence-corrected chi connectivity index (χ2v) is 3.97. The first-order valence-corrected chi connectivity index (χ1v) is 5.23. The lowest BCUT2D eigenvalue weighted by Crippen LogP contribution is -2.01. The molecule has 16 heavy (non-hydrogen) atoms. The number of aromatic carboxylic acids is 1. The van der Waals surface area contributed by atoms with Gasteiger partial charge in [0.2, 0.25) is 5.16 Å². The number of carboxylic acid groups (broad SMARTS) is 1. The van der Waals surface area contributed by atoms with E-state index in [1.165, 1.54) is 18.0 Å². The Morgan fingerprint density at radius 1 is 1.56 bits per heavy atom. The molecule has 0 unspecified atom stereocenters. The van der Waals surface area contributed by atoms with Crippen LogP contribution in [0.25, 0.3) is 0 Å². The van der Waals surface area contributed by atoms with Crippen molar-refractivity contribution in [3.63, 3.8) is 0 Å². The molecule has 6 nitrogen and oxygen atoms in total. The van der Waals surface area contributed by atoms with Gasteiger partial charge in [0.25, 0.3) is 0 Å². The minimum Gasteiger partial charge on any atom is -0.476 e. The zero-order chi connectivity index (χ0) is 11.5. The fraction of sp³-hybridized carbons (Fsp3) is 0.111. The highest BCUT2D eigenvalue weighted by atomic mass is 32.2. The summed E-state index contributed by atoms with van der Waals surface area (Å²) in [4.78, 5) is 19.3. The largest absolute Gasteiger partial charge is 0.476 e. The van der Waals surface area contributed by atoms with Crippen molar-refractivity contribution in [3.8, 4) is 0 Å². The maximum atomic E-state index is 10.9. The predicted octanol–water partition coefficient (Wildman–Crippen LogP) is 1.36. The first-order valence-electron chi connectivity index (χ1n) is 4.42. The van der Waals surface area contributed by atoms with E-state index < -0.39 is 5.97 Å². The van der Waals surface area contributed by atoms with Crippen LogP contribution in [0.5, 0.6) is 0 Å². The van der Waals surface area contributed by atoms with Gasteiger partial charge in [0.1, 0.15) is 5.82 Å². The van der Waals surface area contributed by atoms with Crippen molar-refractivity contribution >= 4 is 17.7 Å². The Balaban J connectivity index is 2.31. The quantitative estimate of drug-likeness (QED) is 0.835. The first kappa shape index (κ1) is 10.6. The Morgan fingerprint density at radius 2 is 2.38 bits per heavy atom. The Kier molecular flexibility index (Phi) is 2.86. The van der Waals surface area contributed by atoms with Crippen molar-refractivity contribution in [2.75, 3.05) is 0 Å². The van der Waals surface area contributed by atoms with Crippen molar-refractivity contribution < 1.29 is 9.90 Å². The monoisotopic (exact) mass is 236 g/mol. The number of aryl methyl sites for hydroxylation is 1. The van der Waals surface area contributed by atoms with Crippen LogP contribution in [0.15, 0.2) is 28.4 Å². The summed E-state index contributed by atoms with van der Waals surface area (Å²) in [6, 6.07) is 3.35. The molecule has 2 N–H and O–H groups in total. The molecule has 2 aromatic heterocycles. The number of nitrogens with one attached hydrogen (secondary N) is 1. The van der Waals surface area contributed by atoms with Crippen molar-refractivity contribution in [2.24, 2.45) is 0 Å². The van der Waals surface area contributed by atoms with E-state index in [1.807, 2.05) is 0 Å². The number of hydrogen-bond acceptors (Lipinski definition) is 5. The highest BCUT2D eigenvalue weighted by Crippen LogP contribution is 2.26. The van der Waals surface area contributed by atoms with Gasteiger partial charge in [-0.3, -0.25) is 5.10 Å². The van der Waals surface area contributed by atoms with Gasteiger partial charge in [-0.15, -0.1) is 5.10 Å². The lowest BCUT2D eigenvalue weighted by atomic mass is 10.3. The number of hydrogen-bond donors (Lipinski definition) is 2. The van der Waals surface area contributed by atoms with Crippen molar-refractivity contribution in [1.82, 2.24) is 20.2 Å². The first-order chi connectivity index (χ1) is 7.66. The summed E-state index contributed by atoms with van der Waals surface area (Å²) < 4.78 is 0. The van der Waals surface area contributed by atoms with Gasteiger partial charge in [0.05, 0.1) is 0 Å².